The van der Waals surface area contributed by atoms with Gasteiger partial charge in [-0.25, -0.2) is 4.79 Å². The van der Waals surface area contributed by atoms with Crippen molar-refractivity contribution < 1.29 is 18.0 Å². The van der Waals surface area contributed by atoms with Crippen molar-refractivity contribution in [3.05, 3.63) is 30.0 Å². The van der Waals surface area contributed by atoms with Gasteiger partial charge in [0.1, 0.15) is 5.69 Å². The van der Waals surface area contributed by atoms with E-state index >= 15 is 0 Å². The summed E-state index contributed by atoms with van der Waals surface area (Å²) < 4.78 is 37.7. The number of alkyl halides is 3. The van der Waals surface area contributed by atoms with Crippen LogP contribution in [0.4, 0.5) is 23.7 Å². The number of aromatic amines is 1. The number of carbonyl (C=O) groups is 1. The summed E-state index contributed by atoms with van der Waals surface area (Å²) in [7, 11) is 0. The Morgan fingerprint density at radius 3 is 2.55 bits per heavy atom. The SMILES string of the molecule is CC(C)NC(=O)Nc1ccc2[nH]c(C(F)(F)F)cc2c1. The van der Waals surface area contributed by atoms with Crippen LogP contribution in [0.1, 0.15) is 19.5 Å². The molecule has 7 heteroatoms. The summed E-state index contributed by atoms with van der Waals surface area (Å²) in [6.07, 6.45) is -4.42. The lowest BCUT2D eigenvalue weighted by Gasteiger charge is -2.09. The number of hydrogen-bond acceptors (Lipinski definition) is 1. The maximum atomic E-state index is 12.6. The highest BCUT2D eigenvalue weighted by Crippen LogP contribution is 2.31. The Labute approximate surface area is 113 Å². The second kappa shape index (κ2) is 5.07. The third-order valence-electron chi connectivity index (χ3n) is 2.60. The standard InChI is InChI=1S/C13H14F3N3O/c1-7(2)17-12(20)18-9-3-4-10-8(5-9)6-11(19-10)13(14,15)16/h3-7,19H,1-2H3,(H2,17,18,20). The summed E-state index contributed by atoms with van der Waals surface area (Å²) in [6, 6.07) is 5.12. The van der Waals surface area contributed by atoms with E-state index in [2.05, 4.69) is 15.6 Å². The first-order valence-electron chi connectivity index (χ1n) is 6.03. The minimum atomic E-state index is -4.42. The molecule has 0 aliphatic heterocycles. The largest absolute Gasteiger partial charge is 0.431 e. The second-order valence-corrected chi connectivity index (χ2v) is 4.74. The van der Waals surface area contributed by atoms with E-state index in [0.29, 0.717) is 16.6 Å². The van der Waals surface area contributed by atoms with E-state index in [4.69, 9.17) is 0 Å². The molecule has 2 rings (SSSR count). The van der Waals surface area contributed by atoms with Gasteiger partial charge in [0, 0.05) is 22.6 Å². The number of rotatable bonds is 2. The highest BCUT2D eigenvalue weighted by atomic mass is 19.4. The molecule has 4 nitrogen and oxygen atoms in total. The van der Waals surface area contributed by atoms with Crippen LogP contribution in [0.25, 0.3) is 10.9 Å². The van der Waals surface area contributed by atoms with Crippen LogP contribution in [0.5, 0.6) is 0 Å². The number of amides is 2. The molecule has 0 aliphatic carbocycles. The molecular formula is C13H14F3N3O. The van der Waals surface area contributed by atoms with Crippen molar-refractivity contribution >= 4 is 22.6 Å². The van der Waals surface area contributed by atoms with E-state index in [-0.39, 0.29) is 6.04 Å². The smallest absolute Gasteiger partial charge is 0.351 e. The van der Waals surface area contributed by atoms with Crippen LogP contribution in [-0.4, -0.2) is 17.1 Å². The molecule has 0 saturated heterocycles. The van der Waals surface area contributed by atoms with Crippen molar-refractivity contribution in [1.82, 2.24) is 10.3 Å². The molecule has 0 aliphatic rings. The van der Waals surface area contributed by atoms with E-state index in [1.807, 2.05) is 13.8 Å². The van der Waals surface area contributed by atoms with Gasteiger partial charge in [0.05, 0.1) is 0 Å². The van der Waals surface area contributed by atoms with E-state index in [9.17, 15) is 18.0 Å². The van der Waals surface area contributed by atoms with Crippen molar-refractivity contribution in [2.75, 3.05) is 5.32 Å². The Hall–Kier alpha value is -2.18. The molecule has 0 unspecified atom stereocenters. The van der Waals surface area contributed by atoms with E-state index in [1.54, 1.807) is 6.07 Å². The van der Waals surface area contributed by atoms with Gasteiger partial charge in [0.15, 0.2) is 0 Å². The molecule has 2 aromatic rings. The summed E-state index contributed by atoms with van der Waals surface area (Å²) in [5.74, 6) is 0. The number of fused-ring (bicyclic) bond motifs is 1. The van der Waals surface area contributed by atoms with Gasteiger partial charge in [-0.1, -0.05) is 0 Å². The summed E-state index contributed by atoms with van der Waals surface area (Å²) in [4.78, 5) is 13.8. The predicted octanol–water partition coefficient (Wildman–Crippen LogP) is 3.72. The first-order valence-corrected chi connectivity index (χ1v) is 6.03. The van der Waals surface area contributed by atoms with Crippen LogP contribution in [0.15, 0.2) is 24.3 Å². The number of anilines is 1. The number of benzene rings is 1. The van der Waals surface area contributed by atoms with Crippen molar-refractivity contribution in [2.45, 2.75) is 26.1 Å². The molecule has 0 bridgehead atoms. The molecule has 20 heavy (non-hydrogen) atoms. The van der Waals surface area contributed by atoms with Gasteiger partial charge in [0.2, 0.25) is 0 Å². The van der Waals surface area contributed by atoms with Gasteiger partial charge < -0.3 is 15.6 Å². The maximum Gasteiger partial charge on any atom is 0.431 e. The van der Waals surface area contributed by atoms with Crippen molar-refractivity contribution in [2.24, 2.45) is 0 Å². The zero-order valence-electron chi connectivity index (χ0n) is 10.9. The minimum Gasteiger partial charge on any atom is -0.351 e. The molecule has 0 saturated carbocycles. The molecule has 3 N–H and O–H groups in total. The number of carbonyl (C=O) groups excluding carboxylic acids is 1. The summed E-state index contributed by atoms with van der Waals surface area (Å²) in [5, 5.41) is 5.59. The Morgan fingerprint density at radius 2 is 1.95 bits per heavy atom. The number of nitrogens with one attached hydrogen (secondary N) is 3. The van der Waals surface area contributed by atoms with E-state index in [0.717, 1.165) is 6.07 Å². The summed E-state index contributed by atoms with van der Waals surface area (Å²) in [6.45, 7) is 3.62. The lowest BCUT2D eigenvalue weighted by molar-refractivity contribution is -0.140. The fourth-order valence-electron chi connectivity index (χ4n) is 1.79. The third kappa shape index (κ3) is 3.23. The van der Waals surface area contributed by atoms with Gasteiger partial charge >= 0.3 is 12.2 Å². The predicted molar refractivity (Wildman–Crippen MR) is 70.6 cm³/mol. The van der Waals surface area contributed by atoms with Crippen LogP contribution < -0.4 is 10.6 Å². The molecule has 1 aromatic carbocycles. The quantitative estimate of drug-likeness (QED) is 0.774. The highest BCUT2D eigenvalue weighted by Gasteiger charge is 2.32. The third-order valence-corrected chi connectivity index (χ3v) is 2.60. The monoisotopic (exact) mass is 285 g/mol. The number of H-pyrrole nitrogens is 1. The zero-order chi connectivity index (χ0) is 14.9. The molecule has 0 atom stereocenters. The zero-order valence-corrected chi connectivity index (χ0v) is 10.9. The number of aromatic nitrogens is 1. The molecule has 0 radical (unpaired) electrons. The van der Waals surface area contributed by atoms with Gasteiger partial charge in [0.25, 0.3) is 0 Å². The van der Waals surface area contributed by atoms with Gasteiger partial charge in [-0.3, -0.25) is 0 Å². The Morgan fingerprint density at radius 1 is 1.25 bits per heavy atom. The van der Waals surface area contributed by atoms with Gasteiger partial charge in [-0.15, -0.1) is 0 Å². The van der Waals surface area contributed by atoms with Gasteiger partial charge in [-0.2, -0.15) is 13.2 Å². The van der Waals surface area contributed by atoms with Crippen molar-refractivity contribution in [1.29, 1.82) is 0 Å². The van der Waals surface area contributed by atoms with Crippen LogP contribution in [-0.2, 0) is 6.18 Å². The maximum absolute atomic E-state index is 12.6. The second-order valence-electron chi connectivity index (χ2n) is 4.74. The van der Waals surface area contributed by atoms with Crippen LogP contribution in [0, 0.1) is 0 Å². The number of halogens is 3. The normalized spacial score (nSPS) is 11.9. The average molecular weight is 285 g/mol. The van der Waals surface area contributed by atoms with E-state index < -0.39 is 17.9 Å². The minimum absolute atomic E-state index is 0.0252. The first-order chi connectivity index (χ1) is 9.25. The Balaban J connectivity index is 2.23. The van der Waals surface area contributed by atoms with Gasteiger partial charge in [-0.05, 0) is 38.1 Å². The molecule has 0 fully saturated rings. The van der Waals surface area contributed by atoms with Crippen molar-refractivity contribution in [3.8, 4) is 0 Å². The highest BCUT2D eigenvalue weighted by molar-refractivity contribution is 5.93. The number of hydrogen-bond donors (Lipinski definition) is 3. The topological polar surface area (TPSA) is 56.9 Å². The lowest BCUT2D eigenvalue weighted by atomic mass is 10.2. The van der Waals surface area contributed by atoms with Crippen LogP contribution in [0.3, 0.4) is 0 Å². The molecule has 2 amide bonds. The first kappa shape index (κ1) is 14.2. The molecular weight excluding hydrogens is 271 g/mol. The van der Waals surface area contributed by atoms with Crippen LogP contribution >= 0.6 is 0 Å². The fraction of sp³-hybridized carbons (Fsp3) is 0.308. The molecule has 0 spiro atoms. The molecule has 1 aromatic heterocycles. The summed E-state index contributed by atoms with van der Waals surface area (Å²) in [5.41, 5.74) is -0.00759. The molecule has 108 valence electrons. The van der Waals surface area contributed by atoms with Crippen LogP contribution in [0.2, 0.25) is 0 Å². The Kier molecular flexibility index (Phi) is 3.61. The lowest BCUT2D eigenvalue weighted by Crippen LogP contribution is -2.34. The fourth-order valence-corrected chi connectivity index (χ4v) is 1.79. The number of urea groups is 1. The van der Waals surface area contributed by atoms with E-state index in [1.165, 1.54) is 12.1 Å². The molecule has 1 heterocycles. The van der Waals surface area contributed by atoms with Crippen molar-refractivity contribution in [3.63, 3.8) is 0 Å². The summed E-state index contributed by atoms with van der Waals surface area (Å²) >= 11 is 0. The average Bonchev–Trinajstić information content (AvgIpc) is 2.70. The Bertz CT molecular complexity index is 631.